The second-order valence-electron chi connectivity index (χ2n) is 5.75. The molecule has 142 valence electrons. The molecule has 1 N–H and O–H groups in total. The van der Waals surface area contributed by atoms with E-state index in [1.165, 1.54) is 29.4 Å². The maximum Gasteiger partial charge on any atom is 0.231 e. The Hall–Kier alpha value is -1.74. The predicted molar refractivity (Wildman–Crippen MR) is 115 cm³/mol. The van der Waals surface area contributed by atoms with Gasteiger partial charge in [-0.25, -0.2) is 13.4 Å². The van der Waals surface area contributed by atoms with Crippen molar-refractivity contribution >= 4 is 67.2 Å². The Balaban J connectivity index is 1.74. The van der Waals surface area contributed by atoms with Crippen LogP contribution in [0.5, 0.6) is 0 Å². The van der Waals surface area contributed by atoms with Crippen molar-refractivity contribution in [1.82, 2.24) is 5.43 Å². The van der Waals surface area contributed by atoms with E-state index in [-0.39, 0.29) is 0 Å². The Kier molecular flexibility index (Phi) is 6.00. The van der Waals surface area contributed by atoms with Crippen molar-refractivity contribution in [2.75, 3.05) is 23.4 Å². The standard InChI is InChI=1S/C17H16Cl2N4O2S2/c1-23(27(2,24)25)13-6-3-11(4-7-13)16-10-26-17(22-21-16)20-15-8-5-12(18)9-14(15)19/h3-9H,10H2,1-2H3,(H,20,22). The third kappa shape index (κ3) is 4.95. The normalized spacial score (nSPS) is 16.0. The minimum atomic E-state index is -3.29. The van der Waals surface area contributed by atoms with Crippen LogP contribution >= 0.6 is 35.0 Å². The summed E-state index contributed by atoms with van der Waals surface area (Å²) in [6.07, 6.45) is 1.17. The zero-order valence-corrected chi connectivity index (χ0v) is 17.6. The molecule has 1 heterocycles. The fourth-order valence-corrected chi connectivity index (χ4v) is 3.99. The van der Waals surface area contributed by atoms with E-state index in [2.05, 4.69) is 15.5 Å². The Morgan fingerprint density at radius 3 is 2.44 bits per heavy atom. The molecule has 27 heavy (non-hydrogen) atoms. The van der Waals surface area contributed by atoms with E-state index in [1.54, 1.807) is 30.3 Å². The lowest BCUT2D eigenvalue weighted by molar-refractivity contribution is 0.600. The number of nitrogens with zero attached hydrogens (tertiary/aromatic N) is 3. The zero-order valence-electron chi connectivity index (χ0n) is 14.5. The van der Waals surface area contributed by atoms with Gasteiger partial charge >= 0.3 is 0 Å². The monoisotopic (exact) mass is 442 g/mol. The van der Waals surface area contributed by atoms with E-state index in [0.717, 1.165) is 11.3 Å². The first-order valence-electron chi connectivity index (χ1n) is 7.77. The first-order valence-corrected chi connectivity index (χ1v) is 11.4. The van der Waals surface area contributed by atoms with Crippen molar-refractivity contribution < 1.29 is 8.42 Å². The van der Waals surface area contributed by atoms with Crippen molar-refractivity contribution in [3.05, 3.63) is 58.1 Å². The summed E-state index contributed by atoms with van der Waals surface area (Å²) in [7, 11) is -1.77. The van der Waals surface area contributed by atoms with Crippen molar-refractivity contribution in [3.63, 3.8) is 0 Å². The molecular weight excluding hydrogens is 427 g/mol. The number of amidine groups is 1. The quantitative estimate of drug-likeness (QED) is 0.772. The Labute approximate surface area is 172 Å². The second-order valence-corrected chi connectivity index (χ2v) is 9.57. The molecule has 0 radical (unpaired) electrons. The van der Waals surface area contributed by atoms with Crippen LogP contribution in [0.3, 0.4) is 0 Å². The third-order valence-corrected chi connectivity index (χ3v) is 6.44. The van der Waals surface area contributed by atoms with Gasteiger partial charge < -0.3 is 0 Å². The molecule has 0 fully saturated rings. The largest absolute Gasteiger partial charge is 0.274 e. The highest BCUT2D eigenvalue weighted by Gasteiger charge is 2.16. The van der Waals surface area contributed by atoms with E-state index in [9.17, 15) is 8.42 Å². The van der Waals surface area contributed by atoms with Crippen LogP contribution in [-0.2, 0) is 10.0 Å². The van der Waals surface area contributed by atoms with Gasteiger partial charge in [-0.05, 0) is 35.9 Å². The van der Waals surface area contributed by atoms with Gasteiger partial charge in [-0.2, -0.15) is 5.10 Å². The van der Waals surface area contributed by atoms with Gasteiger partial charge in [0.25, 0.3) is 0 Å². The van der Waals surface area contributed by atoms with Gasteiger partial charge in [-0.3, -0.25) is 9.73 Å². The number of rotatable bonds is 4. The lowest BCUT2D eigenvalue weighted by atomic mass is 10.1. The summed E-state index contributed by atoms with van der Waals surface area (Å²) in [6.45, 7) is 0. The average Bonchev–Trinajstić information content (AvgIpc) is 2.63. The molecule has 0 aliphatic carbocycles. The van der Waals surface area contributed by atoms with E-state index in [4.69, 9.17) is 23.2 Å². The second kappa shape index (κ2) is 8.10. The lowest BCUT2D eigenvalue weighted by Gasteiger charge is -2.18. The molecule has 1 aliphatic heterocycles. The highest BCUT2D eigenvalue weighted by atomic mass is 35.5. The summed E-state index contributed by atoms with van der Waals surface area (Å²) in [4.78, 5) is 4.45. The number of hydrogen-bond acceptors (Lipinski definition) is 5. The van der Waals surface area contributed by atoms with Crippen LogP contribution in [0.1, 0.15) is 5.56 Å². The molecule has 10 heteroatoms. The third-order valence-electron chi connectivity index (χ3n) is 3.83. The average molecular weight is 443 g/mol. The molecule has 2 aromatic rings. The predicted octanol–water partition coefficient (Wildman–Crippen LogP) is 4.12. The van der Waals surface area contributed by atoms with Crippen LogP contribution < -0.4 is 9.73 Å². The first kappa shape index (κ1) is 20.0. The zero-order chi connectivity index (χ0) is 19.6. The highest BCUT2D eigenvalue weighted by molar-refractivity contribution is 8.14. The number of sulfonamides is 1. The molecule has 0 spiro atoms. The van der Waals surface area contributed by atoms with Crippen LogP contribution in [0.25, 0.3) is 0 Å². The van der Waals surface area contributed by atoms with Crippen molar-refractivity contribution in [1.29, 1.82) is 0 Å². The molecule has 2 aromatic carbocycles. The highest BCUT2D eigenvalue weighted by Crippen LogP contribution is 2.29. The van der Waals surface area contributed by atoms with Gasteiger partial charge in [-0.15, -0.1) is 0 Å². The summed E-state index contributed by atoms with van der Waals surface area (Å²) >= 11 is 13.5. The minimum Gasteiger partial charge on any atom is -0.274 e. The van der Waals surface area contributed by atoms with E-state index in [1.807, 2.05) is 12.1 Å². The van der Waals surface area contributed by atoms with Gasteiger partial charge in [0.2, 0.25) is 10.0 Å². The summed E-state index contributed by atoms with van der Waals surface area (Å²) in [5.74, 6) is 0.623. The molecule has 6 nitrogen and oxygen atoms in total. The molecule has 0 saturated heterocycles. The number of nitrogens with one attached hydrogen (secondary N) is 1. The number of aliphatic imine (C=N–C) groups is 1. The molecule has 0 amide bonds. The van der Waals surface area contributed by atoms with Crippen LogP contribution in [0.4, 0.5) is 11.4 Å². The topological polar surface area (TPSA) is 74.1 Å². The molecule has 0 atom stereocenters. The van der Waals surface area contributed by atoms with Gasteiger partial charge in [-0.1, -0.05) is 47.1 Å². The summed E-state index contributed by atoms with van der Waals surface area (Å²) in [5, 5.41) is 6.02. The number of benzene rings is 2. The maximum atomic E-state index is 11.6. The Morgan fingerprint density at radius 2 is 1.89 bits per heavy atom. The van der Waals surface area contributed by atoms with Crippen LogP contribution in [0.15, 0.2) is 52.6 Å². The van der Waals surface area contributed by atoms with E-state index in [0.29, 0.717) is 32.3 Å². The van der Waals surface area contributed by atoms with Crippen molar-refractivity contribution in [2.24, 2.45) is 10.1 Å². The SMILES string of the molecule is CN(c1ccc(C2=NNC(=Nc3ccc(Cl)cc3Cl)SC2)cc1)S(C)(=O)=O. The van der Waals surface area contributed by atoms with Crippen molar-refractivity contribution in [2.45, 2.75) is 0 Å². The molecule has 0 unspecified atom stereocenters. The lowest BCUT2D eigenvalue weighted by Crippen LogP contribution is -2.26. The van der Waals surface area contributed by atoms with E-state index >= 15 is 0 Å². The van der Waals surface area contributed by atoms with Crippen LogP contribution in [0.2, 0.25) is 10.0 Å². The number of hydrazone groups is 1. The Morgan fingerprint density at radius 1 is 1.19 bits per heavy atom. The van der Waals surface area contributed by atoms with Gasteiger partial charge in [0.1, 0.15) is 0 Å². The fraction of sp³-hybridized carbons (Fsp3) is 0.176. The van der Waals surface area contributed by atoms with Gasteiger partial charge in [0.15, 0.2) is 5.17 Å². The van der Waals surface area contributed by atoms with Crippen LogP contribution in [0, 0.1) is 0 Å². The number of thioether (sulfide) groups is 1. The maximum absolute atomic E-state index is 11.6. The van der Waals surface area contributed by atoms with E-state index < -0.39 is 10.0 Å². The van der Waals surface area contributed by atoms with Gasteiger partial charge in [0.05, 0.1) is 28.4 Å². The summed E-state index contributed by atoms with van der Waals surface area (Å²) in [6, 6.07) is 12.3. The molecule has 0 bridgehead atoms. The molecule has 0 saturated carbocycles. The van der Waals surface area contributed by atoms with Crippen LogP contribution in [-0.4, -0.2) is 38.4 Å². The summed E-state index contributed by atoms with van der Waals surface area (Å²) < 4.78 is 24.4. The molecule has 0 aromatic heterocycles. The van der Waals surface area contributed by atoms with Crippen molar-refractivity contribution in [3.8, 4) is 0 Å². The number of anilines is 1. The number of hydrogen-bond donors (Lipinski definition) is 1. The summed E-state index contributed by atoms with van der Waals surface area (Å²) in [5.41, 5.74) is 5.88. The fourth-order valence-electron chi connectivity index (χ4n) is 2.26. The van der Waals surface area contributed by atoms with Gasteiger partial charge in [0, 0.05) is 17.8 Å². The molecule has 1 aliphatic rings. The first-order chi connectivity index (χ1) is 12.7. The molecular formula is C17H16Cl2N4O2S2. The minimum absolute atomic E-state index is 0.470. The Bertz CT molecular complexity index is 1020. The smallest absolute Gasteiger partial charge is 0.231 e. The molecule has 3 rings (SSSR count). The number of halogens is 2.